The number of amidine groups is 1. The number of nitrogens with zero attached hydrogens (tertiary/aromatic N) is 3. The average Bonchev–Trinajstić information content (AvgIpc) is 3.41. The van der Waals surface area contributed by atoms with E-state index >= 15 is 0 Å². The van der Waals surface area contributed by atoms with E-state index in [1.54, 1.807) is 30.9 Å². The molecule has 0 unspecified atom stereocenters. The van der Waals surface area contributed by atoms with E-state index in [2.05, 4.69) is 11.8 Å². The summed E-state index contributed by atoms with van der Waals surface area (Å²) >= 11 is 3.05. The number of fused-ring (bicyclic) bond motifs is 1. The van der Waals surface area contributed by atoms with Crippen LogP contribution in [-0.2, 0) is 11.3 Å². The summed E-state index contributed by atoms with van der Waals surface area (Å²) in [5.74, 6) is 1.53. The highest BCUT2D eigenvalue weighted by atomic mass is 32.2. The average molecular weight is 504 g/mol. The third kappa shape index (κ3) is 4.63. The molecule has 0 N–H and O–H groups in total. The molecule has 1 amide bonds. The van der Waals surface area contributed by atoms with Crippen LogP contribution in [0.1, 0.15) is 12.5 Å². The van der Waals surface area contributed by atoms with Crippen LogP contribution in [0.4, 0.5) is 11.4 Å². The zero-order chi connectivity index (χ0) is 24.4. The standard InChI is InChI=1S/C27H25N3O3S2/c1-4-29-22-16-21(33-3)14-15-23(22)34-26(29)24-25(31)30(17-18-8-6-5-7-9-18)27(35-24)28-19-10-12-20(32-2)13-11-19/h5-16H,4,17H2,1-3H3/b26-24-,28-27?. The van der Waals surface area contributed by atoms with Crippen LogP contribution in [-0.4, -0.2) is 36.7 Å². The Labute approximate surface area is 213 Å². The summed E-state index contributed by atoms with van der Waals surface area (Å²) in [4.78, 5) is 24.4. The molecule has 0 spiro atoms. The van der Waals surface area contributed by atoms with Crippen LogP contribution in [0.25, 0.3) is 0 Å². The Balaban J connectivity index is 1.55. The molecule has 3 aromatic rings. The molecule has 1 fully saturated rings. The number of carbonyl (C=O) groups is 1. The van der Waals surface area contributed by atoms with E-state index < -0.39 is 0 Å². The first-order valence-electron chi connectivity index (χ1n) is 11.3. The maximum absolute atomic E-state index is 13.8. The number of hydrogen-bond acceptors (Lipinski definition) is 7. The van der Waals surface area contributed by atoms with Gasteiger partial charge in [0.2, 0.25) is 0 Å². The molecule has 1 saturated heterocycles. The largest absolute Gasteiger partial charge is 0.497 e. The summed E-state index contributed by atoms with van der Waals surface area (Å²) in [7, 11) is 3.30. The minimum Gasteiger partial charge on any atom is -0.497 e. The van der Waals surface area contributed by atoms with E-state index in [4.69, 9.17) is 14.5 Å². The van der Waals surface area contributed by atoms with Crippen molar-refractivity contribution in [1.29, 1.82) is 0 Å². The van der Waals surface area contributed by atoms with Gasteiger partial charge in [-0.05, 0) is 60.6 Å². The molecule has 0 bridgehead atoms. The Morgan fingerprint density at radius 1 is 0.857 bits per heavy atom. The number of thioether (sulfide) groups is 2. The first kappa shape index (κ1) is 23.4. The van der Waals surface area contributed by atoms with Gasteiger partial charge in [-0.1, -0.05) is 42.1 Å². The summed E-state index contributed by atoms with van der Waals surface area (Å²) in [6.07, 6.45) is 0. The van der Waals surface area contributed by atoms with Crippen molar-refractivity contribution in [1.82, 2.24) is 4.90 Å². The highest BCUT2D eigenvalue weighted by Crippen LogP contribution is 2.51. The summed E-state index contributed by atoms with van der Waals surface area (Å²) in [6, 6.07) is 23.6. The van der Waals surface area contributed by atoms with Crippen LogP contribution in [0.3, 0.4) is 0 Å². The first-order valence-corrected chi connectivity index (χ1v) is 12.9. The summed E-state index contributed by atoms with van der Waals surface area (Å²) in [5.41, 5.74) is 2.88. The summed E-state index contributed by atoms with van der Waals surface area (Å²) < 4.78 is 10.7. The monoisotopic (exact) mass is 503 g/mol. The summed E-state index contributed by atoms with van der Waals surface area (Å²) in [6.45, 7) is 3.29. The van der Waals surface area contributed by atoms with E-state index in [1.165, 1.54) is 11.8 Å². The van der Waals surface area contributed by atoms with Crippen molar-refractivity contribution in [2.45, 2.75) is 18.4 Å². The molecule has 178 valence electrons. The SMILES string of the molecule is CCN1/C(=C2/SC(=Nc3ccc(OC)cc3)N(Cc3ccccc3)C2=O)Sc2ccc(OC)cc21. The molecule has 0 atom stereocenters. The molecular weight excluding hydrogens is 478 g/mol. The van der Waals surface area contributed by atoms with Gasteiger partial charge in [-0.2, -0.15) is 0 Å². The van der Waals surface area contributed by atoms with Crippen LogP contribution in [0.2, 0.25) is 0 Å². The molecule has 3 aromatic carbocycles. The first-order chi connectivity index (χ1) is 17.1. The number of anilines is 1. The number of ether oxygens (including phenoxy) is 2. The number of hydrogen-bond donors (Lipinski definition) is 0. The molecule has 5 rings (SSSR count). The zero-order valence-corrected chi connectivity index (χ0v) is 21.4. The van der Waals surface area contributed by atoms with E-state index in [0.29, 0.717) is 16.6 Å². The number of aliphatic imine (C=N–C) groups is 1. The normalized spacial score (nSPS) is 18.4. The van der Waals surface area contributed by atoms with Crippen molar-refractivity contribution in [2.24, 2.45) is 4.99 Å². The van der Waals surface area contributed by atoms with Crippen molar-refractivity contribution in [3.05, 3.63) is 88.3 Å². The van der Waals surface area contributed by atoms with Gasteiger partial charge in [0.25, 0.3) is 5.91 Å². The number of amides is 1. The van der Waals surface area contributed by atoms with Crippen LogP contribution in [0.15, 0.2) is 92.6 Å². The maximum atomic E-state index is 13.8. The van der Waals surface area contributed by atoms with Crippen LogP contribution < -0.4 is 14.4 Å². The van der Waals surface area contributed by atoms with Gasteiger partial charge in [0.1, 0.15) is 21.4 Å². The fourth-order valence-corrected chi connectivity index (χ4v) is 6.34. The van der Waals surface area contributed by atoms with E-state index in [1.807, 2.05) is 72.8 Å². The second-order valence-electron chi connectivity index (χ2n) is 7.89. The predicted molar refractivity (Wildman–Crippen MR) is 144 cm³/mol. The van der Waals surface area contributed by atoms with Gasteiger partial charge >= 0.3 is 0 Å². The van der Waals surface area contributed by atoms with Crippen molar-refractivity contribution >= 4 is 46.0 Å². The highest BCUT2D eigenvalue weighted by molar-refractivity contribution is 8.19. The lowest BCUT2D eigenvalue weighted by Crippen LogP contribution is -2.29. The Bertz CT molecular complexity index is 1310. The van der Waals surface area contributed by atoms with E-state index in [9.17, 15) is 4.79 Å². The predicted octanol–water partition coefficient (Wildman–Crippen LogP) is 6.27. The quantitative estimate of drug-likeness (QED) is 0.370. The second kappa shape index (κ2) is 10.1. The molecule has 6 nitrogen and oxygen atoms in total. The van der Waals surface area contributed by atoms with Crippen molar-refractivity contribution in [3.8, 4) is 11.5 Å². The molecular formula is C27H25N3O3S2. The fourth-order valence-electron chi connectivity index (χ4n) is 3.96. The lowest BCUT2D eigenvalue weighted by Gasteiger charge is -2.19. The van der Waals surface area contributed by atoms with Crippen LogP contribution >= 0.6 is 23.5 Å². The molecule has 2 aliphatic heterocycles. The van der Waals surface area contributed by atoms with E-state index in [0.717, 1.165) is 44.9 Å². The lowest BCUT2D eigenvalue weighted by atomic mass is 10.2. The minimum absolute atomic E-state index is 0.0353. The molecule has 0 aromatic heterocycles. The third-order valence-corrected chi connectivity index (χ3v) is 8.14. The van der Waals surface area contributed by atoms with Gasteiger partial charge in [-0.3, -0.25) is 9.69 Å². The number of benzene rings is 3. The lowest BCUT2D eigenvalue weighted by molar-refractivity contribution is -0.122. The zero-order valence-electron chi connectivity index (χ0n) is 19.7. The number of carbonyl (C=O) groups excluding carboxylic acids is 1. The molecule has 35 heavy (non-hydrogen) atoms. The van der Waals surface area contributed by atoms with Gasteiger partial charge in [-0.25, -0.2) is 4.99 Å². The second-order valence-corrected chi connectivity index (χ2v) is 9.89. The Morgan fingerprint density at radius 2 is 1.57 bits per heavy atom. The van der Waals surface area contributed by atoms with Gasteiger partial charge in [0, 0.05) is 17.5 Å². The molecule has 2 heterocycles. The molecule has 0 aliphatic carbocycles. The minimum atomic E-state index is -0.0353. The van der Waals surface area contributed by atoms with Gasteiger partial charge in [0.15, 0.2) is 5.17 Å². The van der Waals surface area contributed by atoms with Gasteiger partial charge < -0.3 is 14.4 Å². The van der Waals surface area contributed by atoms with Crippen LogP contribution in [0.5, 0.6) is 11.5 Å². The molecule has 2 aliphatic rings. The molecule has 0 saturated carbocycles. The Morgan fingerprint density at radius 3 is 2.26 bits per heavy atom. The topological polar surface area (TPSA) is 54.4 Å². The number of methoxy groups -OCH3 is 2. The van der Waals surface area contributed by atoms with Crippen molar-refractivity contribution in [2.75, 3.05) is 25.7 Å². The smallest absolute Gasteiger partial charge is 0.269 e. The van der Waals surface area contributed by atoms with E-state index in [-0.39, 0.29) is 5.91 Å². The number of rotatable bonds is 6. The molecule has 8 heteroatoms. The highest BCUT2D eigenvalue weighted by Gasteiger charge is 2.39. The van der Waals surface area contributed by atoms with Gasteiger partial charge in [-0.15, -0.1) is 0 Å². The Kier molecular flexibility index (Phi) is 6.74. The van der Waals surface area contributed by atoms with Crippen molar-refractivity contribution < 1.29 is 14.3 Å². The fraction of sp³-hybridized carbons (Fsp3) is 0.185. The molecule has 0 radical (unpaired) electrons. The summed E-state index contributed by atoms with van der Waals surface area (Å²) in [5, 5.41) is 1.60. The van der Waals surface area contributed by atoms with Crippen molar-refractivity contribution in [3.63, 3.8) is 0 Å². The maximum Gasteiger partial charge on any atom is 0.269 e. The Hall–Kier alpha value is -3.36. The van der Waals surface area contributed by atoms with Gasteiger partial charge in [0.05, 0.1) is 32.1 Å². The van der Waals surface area contributed by atoms with Crippen LogP contribution in [0, 0.1) is 0 Å². The third-order valence-electron chi connectivity index (χ3n) is 5.76.